The zero-order chi connectivity index (χ0) is 23.6. The van der Waals surface area contributed by atoms with Crippen molar-refractivity contribution in [1.29, 1.82) is 0 Å². The molecule has 1 nitrogen and oxygen atoms in total. The molecule has 0 amide bonds. The van der Waals surface area contributed by atoms with E-state index in [1.165, 1.54) is 5.56 Å². The number of hydrogen-bond donors (Lipinski definition) is 0. The Morgan fingerprint density at radius 3 is 2.52 bits per heavy atom. The lowest BCUT2D eigenvalue weighted by molar-refractivity contribution is -0.660. The lowest BCUT2D eigenvalue weighted by Gasteiger charge is -2.18. The van der Waals surface area contributed by atoms with E-state index in [9.17, 15) is 0 Å². The van der Waals surface area contributed by atoms with Gasteiger partial charge in [0.2, 0.25) is 5.69 Å². The summed E-state index contributed by atoms with van der Waals surface area (Å²) in [6.07, 6.45) is 1.17. The van der Waals surface area contributed by atoms with Gasteiger partial charge in [0.1, 0.15) is 7.05 Å². The van der Waals surface area contributed by atoms with E-state index in [0.29, 0.717) is 17.5 Å². The summed E-state index contributed by atoms with van der Waals surface area (Å²) in [4.78, 5) is 0. The third-order valence-corrected chi connectivity index (χ3v) is 5.31. The number of benzene rings is 2. The van der Waals surface area contributed by atoms with Gasteiger partial charge in [-0.2, -0.15) is 0 Å². The number of aryl methyl sites for hydroxylation is 2. The molecule has 0 bridgehead atoms. The van der Waals surface area contributed by atoms with Gasteiger partial charge in [0.15, 0.2) is 6.20 Å². The fourth-order valence-corrected chi connectivity index (χ4v) is 4.06. The van der Waals surface area contributed by atoms with Crippen LogP contribution in [0.15, 0.2) is 48.7 Å². The van der Waals surface area contributed by atoms with Gasteiger partial charge in [0.05, 0.1) is 0 Å². The smallest absolute Gasteiger partial charge is 0.201 e. The van der Waals surface area contributed by atoms with Gasteiger partial charge in [0.25, 0.3) is 0 Å². The Morgan fingerprint density at radius 1 is 1.04 bits per heavy atom. The number of pyridine rings is 1. The molecular weight excluding hydrogens is 326 g/mol. The minimum atomic E-state index is -2.11. The van der Waals surface area contributed by atoms with Crippen molar-refractivity contribution in [3.8, 4) is 22.4 Å². The Hall–Kier alpha value is -2.41. The Bertz CT molecular complexity index is 1220. The van der Waals surface area contributed by atoms with Gasteiger partial charge in [-0.3, -0.25) is 0 Å². The summed E-state index contributed by atoms with van der Waals surface area (Å²) >= 11 is 0. The molecule has 0 radical (unpaired) electrons. The van der Waals surface area contributed by atoms with Gasteiger partial charge in [-0.1, -0.05) is 50.6 Å². The summed E-state index contributed by atoms with van der Waals surface area (Å²) in [5.74, 6) is 0. The summed E-state index contributed by atoms with van der Waals surface area (Å²) in [5, 5.41) is 0. The molecule has 0 atom stereocenters. The van der Waals surface area contributed by atoms with Crippen LogP contribution in [0.3, 0.4) is 0 Å². The molecule has 138 valence electrons. The standard InChI is InChI=1S/C26H30N/c1-17-7-8-22-20(13-17)15-24-18(2)21(9-10-23(22)24)25-14-19(11-12-27(25)6)16-26(3,4)5/h7-14H,15-16H2,1-6H3/q+1/i1D3,16D2. The summed E-state index contributed by atoms with van der Waals surface area (Å²) in [7, 11) is 1.98. The molecule has 2 aromatic carbocycles. The number of fused-ring (bicyclic) bond motifs is 3. The van der Waals surface area contributed by atoms with Crippen molar-refractivity contribution in [2.75, 3.05) is 0 Å². The average molecular weight is 362 g/mol. The normalized spacial score (nSPS) is 16.6. The lowest BCUT2D eigenvalue weighted by Crippen LogP contribution is -2.31. The van der Waals surface area contributed by atoms with Crippen LogP contribution in [0.1, 0.15) is 55.4 Å². The Kier molecular flexibility index (Phi) is 3.02. The minimum Gasteiger partial charge on any atom is -0.201 e. The van der Waals surface area contributed by atoms with Crippen LogP contribution >= 0.6 is 0 Å². The Labute approximate surface area is 170 Å². The highest BCUT2D eigenvalue weighted by Gasteiger charge is 2.24. The molecule has 1 aliphatic rings. The van der Waals surface area contributed by atoms with Crippen molar-refractivity contribution in [3.05, 3.63) is 76.5 Å². The quantitative estimate of drug-likeness (QED) is 0.388. The number of nitrogens with zero attached hydrogens (tertiary/aromatic N) is 1. The van der Waals surface area contributed by atoms with Crippen LogP contribution in [0.2, 0.25) is 0 Å². The van der Waals surface area contributed by atoms with Gasteiger partial charge in [-0.25, -0.2) is 4.57 Å². The first kappa shape index (κ1) is 12.9. The first-order valence-corrected chi connectivity index (χ1v) is 9.48. The van der Waals surface area contributed by atoms with E-state index in [-0.39, 0.29) is 0 Å². The molecule has 0 saturated heterocycles. The fourth-order valence-electron chi connectivity index (χ4n) is 4.06. The van der Waals surface area contributed by atoms with Crippen molar-refractivity contribution in [3.63, 3.8) is 0 Å². The Morgan fingerprint density at radius 2 is 1.78 bits per heavy atom. The predicted molar refractivity (Wildman–Crippen MR) is 114 cm³/mol. The van der Waals surface area contributed by atoms with Crippen LogP contribution in [0.25, 0.3) is 22.4 Å². The van der Waals surface area contributed by atoms with Crippen LogP contribution in [0.4, 0.5) is 0 Å². The molecule has 0 saturated carbocycles. The largest absolute Gasteiger partial charge is 0.212 e. The molecule has 1 aromatic heterocycles. The molecule has 0 N–H and O–H groups in total. The second-order valence-electron chi connectivity index (χ2n) is 8.60. The molecule has 3 aromatic rings. The maximum Gasteiger partial charge on any atom is 0.212 e. The topological polar surface area (TPSA) is 3.88 Å². The zero-order valence-electron chi connectivity index (χ0n) is 21.8. The van der Waals surface area contributed by atoms with E-state index in [4.69, 9.17) is 6.85 Å². The maximum atomic E-state index is 8.69. The molecule has 0 fully saturated rings. The molecular formula is C26H30N+. The van der Waals surface area contributed by atoms with Gasteiger partial charge >= 0.3 is 0 Å². The summed E-state index contributed by atoms with van der Waals surface area (Å²) in [6, 6.07) is 13.5. The zero-order valence-corrected chi connectivity index (χ0v) is 16.8. The van der Waals surface area contributed by atoms with Crippen molar-refractivity contribution in [2.45, 2.75) is 47.3 Å². The van der Waals surface area contributed by atoms with E-state index in [2.05, 4.69) is 19.1 Å². The summed E-state index contributed by atoms with van der Waals surface area (Å²) < 4.78 is 42.6. The number of aromatic nitrogens is 1. The predicted octanol–water partition coefficient (Wildman–Crippen LogP) is 5.95. The van der Waals surface area contributed by atoms with E-state index in [1.807, 2.05) is 62.8 Å². The van der Waals surface area contributed by atoms with Gasteiger partial charge < -0.3 is 0 Å². The third kappa shape index (κ3) is 3.32. The summed E-state index contributed by atoms with van der Waals surface area (Å²) in [6.45, 7) is 5.77. The van der Waals surface area contributed by atoms with Gasteiger partial charge in [-0.05, 0) is 71.4 Å². The van der Waals surface area contributed by atoms with Gasteiger partial charge in [-0.15, -0.1) is 0 Å². The third-order valence-electron chi connectivity index (χ3n) is 5.31. The Balaban J connectivity index is 1.81. The average Bonchev–Trinajstić information content (AvgIpc) is 3.06. The second kappa shape index (κ2) is 6.34. The van der Waals surface area contributed by atoms with Crippen LogP contribution in [0, 0.1) is 19.2 Å². The van der Waals surface area contributed by atoms with Crippen LogP contribution in [-0.2, 0) is 19.8 Å². The second-order valence-corrected chi connectivity index (χ2v) is 8.60. The number of hydrogen-bond acceptors (Lipinski definition) is 0. The molecule has 0 unspecified atom stereocenters. The lowest BCUT2D eigenvalue weighted by atomic mass is 9.87. The summed E-state index contributed by atoms with van der Waals surface area (Å²) in [5.41, 5.74) is 8.23. The minimum absolute atomic E-state index is 0.380. The highest BCUT2D eigenvalue weighted by atomic mass is 14.9. The van der Waals surface area contributed by atoms with Crippen molar-refractivity contribution in [1.82, 2.24) is 0 Å². The van der Waals surface area contributed by atoms with E-state index >= 15 is 0 Å². The van der Waals surface area contributed by atoms with Gasteiger partial charge in [0, 0.05) is 24.5 Å². The van der Waals surface area contributed by atoms with Crippen LogP contribution < -0.4 is 4.57 Å². The highest BCUT2D eigenvalue weighted by Crippen LogP contribution is 2.41. The molecule has 0 spiro atoms. The molecule has 1 heteroatoms. The molecule has 0 aliphatic heterocycles. The van der Waals surface area contributed by atoms with Crippen molar-refractivity contribution in [2.24, 2.45) is 12.5 Å². The van der Waals surface area contributed by atoms with Crippen molar-refractivity contribution >= 4 is 0 Å². The SMILES string of the molecule is [2H]C([2H])([2H])c1ccc2c(c1)Cc1c-2ccc(-c2cc(C([2H])([2H])C(C)(C)C)cc[n+]2C)c1C. The first-order chi connectivity index (χ1) is 14.7. The van der Waals surface area contributed by atoms with E-state index in [1.54, 1.807) is 6.07 Å². The molecule has 1 aliphatic carbocycles. The number of rotatable bonds is 2. The maximum absolute atomic E-state index is 8.69. The van der Waals surface area contributed by atoms with E-state index < -0.39 is 18.6 Å². The first-order valence-electron chi connectivity index (χ1n) is 12.0. The van der Waals surface area contributed by atoms with Crippen molar-refractivity contribution < 1.29 is 11.4 Å². The molecule has 4 rings (SSSR count). The highest BCUT2D eigenvalue weighted by molar-refractivity contribution is 5.82. The molecule has 27 heavy (non-hydrogen) atoms. The van der Waals surface area contributed by atoms with Crippen LogP contribution in [-0.4, -0.2) is 0 Å². The molecule has 1 heterocycles. The monoisotopic (exact) mass is 361 g/mol. The van der Waals surface area contributed by atoms with Crippen LogP contribution in [0.5, 0.6) is 0 Å². The van der Waals surface area contributed by atoms with E-state index in [0.717, 1.165) is 33.5 Å². The fraction of sp³-hybridized carbons (Fsp3) is 0.346.